The van der Waals surface area contributed by atoms with Gasteiger partial charge in [0.1, 0.15) is 0 Å². The first-order chi connectivity index (χ1) is 7.69. The monoisotopic (exact) mass is 228 g/mol. The topological polar surface area (TPSA) is 65.1 Å². The summed E-state index contributed by atoms with van der Waals surface area (Å²) in [5, 5.41) is 0. The van der Waals surface area contributed by atoms with E-state index in [2.05, 4.69) is 0 Å². The van der Waals surface area contributed by atoms with Crippen molar-refractivity contribution in [3.05, 3.63) is 0 Å². The van der Waals surface area contributed by atoms with Crippen molar-refractivity contribution in [2.45, 2.75) is 31.5 Å². The van der Waals surface area contributed by atoms with Crippen molar-refractivity contribution >= 4 is 11.9 Å². The van der Waals surface area contributed by atoms with Gasteiger partial charge >= 0.3 is 11.9 Å². The highest BCUT2D eigenvalue weighted by Gasteiger charge is 2.55. The molecule has 4 unspecified atom stereocenters. The molecule has 0 bridgehead atoms. The van der Waals surface area contributed by atoms with Gasteiger partial charge < -0.3 is 14.2 Å². The van der Waals surface area contributed by atoms with E-state index in [1.165, 1.54) is 14.2 Å². The minimum absolute atomic E-state index is 0.154. The number of epoxide rings is 1. The number of fused-ring (bicyclic) bond motifs is 1. The molecule has 0 N–H and O–H groups in total. The highest BCUT2D eigenvalue weighted by molar-refractivity contribution is 5.76. The minimum atomic E-state index is -0.238. The Morgan fingerprint density at radius 1 is 1.00 bits per heavy atom. The molecular weight excluding hydrogens is 212 g/mol. The van der Waals surface area contributed by atoms with Crippen LogP contribution in [0.25, 0.3) is 0 Å². The highest BCUT2D eigenvalue weighted by Crippen LogP contribution is 2.43. The van der Waals surface area contributed by atoms with Gasteiger partial charge in [0.15, 0.2) is 0 Å². The molecule has 4 atom stereocenters. The van der Waals surface area contributed by atoms with E-state index in [1.807, 2.05) is 0 Å². The number of methoxy groups -OCH3 is 2. The first-order valence-corrected chi connectivity index (χ1v) is 5.50. The number of esters is 2. The third-order valence-electron chi connectivity index (χ3n) is 3.39. The second-order valence-electron chi connectivity index (χ2n) is 4.26. The molecule has 1 heterocycles. The summed E-state index contributed by atoms with van der Waals surface area (Å²) in [4.78, 5) is 23.0. The van der Waals surface area contributed by atoms with Crippen LogP contribution in [0.1, 0.15) is 19.3 Å². The Hall–Kier alpha value is -1.10. The van der Waals surface area contributed by atoms with Crippen LogP contribution in [0.4, 0.5) is 0 Å². The van der Waals surface area contributed by atoms with Crippen molar-refractivity contribution in [1.29, 1.82) is 0 Å². The van der Waals surface area contributed by atoms with Crippen LogP contribution in [-0.4, -0.2) is 38.4 Å². The first-order valence-electron chi connectivity index (χ1n) is 5.50. The number of hydrogen-bond acceptors (Lipinski definition) is 5. The molecule has 1 aliphatic heterocycles. The van der Waals surface area contributed by atoms with E-state index >= 15 is 0 Å². The fraction of sp³-hybridized carbons (Fsp3) is 0.818. The lowest BCUT2D eigenvalue weighted by atomic mass is 9.98. The van der Waals surface area contributed by atoms with E-state index in [0.717, 1.165) is 19.3 Å². The molecule has 2 fully saturated rings. The van der Waals surface area contributed by atoms with Gasteiger partial charge in [-0.2, -0.15) is 0 Å². The van der Waals surface area contributed by atoms with Crippen molar-refractivity contribution in [3.63, 3.8) is 0 Å². The van der Waals surface area contributed by atoms with Gasteiger partial charge in [0, 0.05) is 0 Å². The van der Waals surface area contributed by atoms with E-state index in [-0.39, 0.29) is 36.0 Å². The van der Waals surface area contributed by atoms with Gasteiger partial charge in [0.2, 0.25) is 0 Å². The summed E-state index contributed by atoms with van der Waals surface area (Å²) in [6.45, 7) is 0. The van der Waals surface area contributed by atoms with Crippen molar-refractivity contribution in [1.82, 2.24) is 0 Å². The van der Waals surface area contributed by atoms with Crippen molar-refractivity contribution in [2.24, 2.45) is 11.8 Å². The third-order valence-corrected chi connectivity index (χ3v) is 3.39. The zero-order valence-electron chi connectivity index (χ0n) is 9.47. The van der Waals surface area contributed by atoms with Crippen molar-refractivity contribution in [2.75, 3.05) is 14.2 Å². The zero-order valence-corrected chi connectivity index (χ0v) is 9.47. The minimum Gasteiger partial charge on any atom is -0.469 e. The Morgan fingerprint density at radius 2 is 1.44 bits per heavy atom. The molecule has 1 saturated heterocycles. The highest BCUT2D eigenvalue weighted by atomic mass is 16.6. The Bertz CT molecular complexity index is 273. The Kier molecular flexibility index (Phi) is 3.14. The second-order valence-corrected chi connectivity index (χ2v) is 4.26. The fourth-order valence-corrected chi connectivity index (χ4v) is 2.48. The van der Waals surface area contributed by atoms with Gasteiger partial charge in [-0.25, -0.2) is 0 Å². The number of hydrogen-bond donors (Lipinski definition) is 0. The van der Waals surface area contributed by atoms with E-state index in [4.69, 9.17) is 14.2 Å². The Labute approximate surface area is 94.0 Å². The molecule has 2 aliphatic rings. The van der Waals surface area contributed by atoms with E-state index in [9.17, 15) is 9.59 Å². The fourth-order valence-electron chi connectivity index (χ4n) is 2.48. The van der Waals surface area contributed by atoms with Crippen LogP contribution in [0.3, 0.4) is 0 Å². The van der Waals surface area contributed by atoms with E-state index in [1.54, 1.807) is 0 Å². The number of carbonyl (C=O) groups excluding carboxylic acids is 2. The maximum absolute atomic E-state index is 11.5. The van der Waals surface area contributed by atoms with Gasteiger partial charge in [0.05, 0.1) is 38.3 Å². The predicted octanol–water partition coefficient (Wildman–Crippen LogP) is 0.516. The van der Waals surface area contributed by atoms with Crippen LogP contribution in [0.2, 0.25) is 0 Å². The molecule has 0 amide bonds. The van der Waals surface area contributed by atoms with Gasteiger partial charge in [0.25, 0.3) is 0 Å². The number of ether oxygens (including phenoxy) is 3. The average molecular weight is 228 g/mol. The molecule has 0 radical (unpaired) electrons. The van der Waals surface area contributed by atoms with Gasteiger partial charge in [-0.3, -0.25) is 9.59 Å². The van der Waals surface area contributed by atoms with Crippen LogP contribution in [0.5, 0.6) is 0 Å². The Morgan fingerprint density at radius 3 is 1.81 bits per heavy atom. The summed E-state index contributed by atoms with van der Waals surface area (Å²) < 4.78 is 14.9. The van der Waals surface area contributed by atoms with Gasteiger partial charge in [-0.15, -0.1) is 0 Å². The van der Waals surface area contributed by atoms with E-state index in [0.29, 0.717) is 0 Å². The van der Waals surface area contributed by atoms with Gasteiger partial charge in [-0.1, -0.05) is 6.42 Å². The number of carbonyl (C=O) groups is 2. The molecule has 16 heavy (non-hydrogen) atoms. The quantitative estimate of drug-likeness (QED) is 0.509. The summed E-state index contributed by atoms with van der Waals surface area (Å²) in [6, 6.07) is 0. The molecule has 0 aromatic rings. The SMILES string of the molecule is COC(=O)C1CCCC(C(=O)OC)C2OC12. The molecule has 2 rings (SSSR count). The van der Waals surface area contributed by atoms with Crippen LogP contribution in [-0.2, 0) is 23.8 Å². The molecular formula is C11H16O5. The lowest BCUT2D eigenvalue weighted by Crippen LogP contribution is -2.25. The summed E-state index contributed by atoms with van der Waals surface area (Å²) in [7, 11) is 2.75. The molecule has 1 saturated carbocycles. The predicted molar refractivity (Wildman–Crippen MR) is 53.5 cm³/mol. The van der Waals surface area contributed by atoms with Crippen LogP contribution in [0.15, 0.2) is 0 Å². The normalized spacial score (nSPS) is 36.9. The van der Waals surface area contributed by atoms with E-state index < -0.39 is 0 Å². The second kappa shape index (κ2) is 4.41. The molecule has 0 aromatic carbocycles. The summed E-state index contributed by atoms with van der Waals surface area (Å²) >= 11 is 0. The van der Waals surface area contributed by atoms with Crippen LogP contribution in [0, 0.1) is 11.8 Å². The standard InChI is InChI=1S/C11H16O5/c1-14-10(12)6-4-3-5-7(11(13)15-2)9-8(6)16-9/h6-9H,3-5H2,1-2H3. The average Bonchev–Trinajstić information content (AvgIpc) is 3.06. The third kappa shape index (κ3) is 1.91. The molecule has 0 aromatic heterocycles. The lowest BCUT2D eigenvalue weighted by Gasteiger charge is -2.10. The summed E-state index contributed by atoms with van der Waals surface area (Å²) in [6.07, 6.45) is 1.97. The number of rotatable bonds is 2. The largest absolute Gasteiger partial charge is 0.469 e. The summed E-state index contributed by atoms with van der Waals surface area (Å²) in [5.41, 5.74) is 0. The molecule has 1 aliphatic carbocycles. The lowest BCUT2D eigenvalue weighted by molar-refractivity contribution is -0.146. The summed E-state index contributed by atoms with van der Waals surface area (Å²) in [5.74, 6) is -0.912. The maximum Gasteiger partial charge on any atom is 0.311 e. The van der Waals surface area contributed by atoms with Crippen LogP contribution >= 0.6 is 0 Å². The smallest absolute Gasteiger partial charge is 0.311 e. The molecule has 5 nitrogen and oxygen atoms in total. The molecule has 90 valence electrons. The van der Waals surface area contributed by atoms with Crippen molar-refractivity contribution in [3.8, 4) is 0 Å². The van der Waals surface area contributed by atoms with Crippen LogP contribution < -0.4 is 0 Å². The molecule has 0 spiro atoms. The maximum atomic E-state index is 11.5. The van der Waals surface area contributed by atoms with Gasteiger partial charge in [-0.05, 0) is 12.8 Å². The van der Waals surface area contributed by atoms with Crippen molar-refractivity contribution < 1.29 is 23.8 Å². The zero-order chi connectivity index (χ0) is 11.7. The molecule has 5 heteroatoms. The first kappa shape index (κ1) is 11.4. The Balaban J connectivity index is 2.03.